The van der Waals surface area contributed by atoms with Gasteiger partial charge in [0.2, 0.25) is 10.0 Å². The molecule has 2 aromatic rings. The minimum atomic E-state index is -3.78. The molecule has 0 unspecified atom stereocenters. The topological polar surface area (TPSA) is 83.6 Å². The van der Waals surface area contributed by atoms with Crippen molar-refractivity contribution in [2.45, 2.75) is 36.5 Å². The second-order valence-corrected chi connectivity index (χ2v) is 10.2. The molecule has 1 N–H and O–H groups in total. The second kappa shape index (κ2) is 10.3. The SMILES string of the molecule is C#CN(CCC#CCCNS(=O)(=O)c1ccc(C)cc1)S(=O)(=O)c1ccc(C)cc1. The van der Waals surface area contributed by atoms with E-state index < -0.39 is 20.0 Å². The van der Waals surface area contributed by atoms with Crippen molar-refractivity contribution in [1.29, 1.82) is 0 Å². The van der Waals surface area contributed by atoms with E-state index in [1.54, 1.807) is 36.4 Å². The van der Waals surface area contributed by atoms with Crippen molar-refractivity contribution in [1.82, 2.24) is 9.03 Å². The Morgan fingerprint density at radius 2 is 1.33 bits per heavy atom. The third kappa shape index (κ3) is 6.36. The monoisotopic (exact) mass is 444 g/mol. The molecule has 0 aliphatic heterocycles. The van der Waals surface area contributed by atoms with Crippen LogP contribution in [0.1, 0.15) is 24.0 Å². The van der Waals surface area contributed by atoms with Crippen LogP contribution in [0.3, 0.4) is 0 Å². The van der Waals surface area contributed by atoms with Crippen LogP contribution in [0.15, 0.2) is 58.3 Å². The van der Waals surface area contributed by atoms with E-state index in [1.165, 1.54) is 12.1 Å². The van der Waals surface area contributed by atoms with Gasteiger partial charge in [0.1, 0.15) is 0 Å². The first kappa shape index (κ1) is 23.5. The van der Waals surface area contributed by atoms with E-state index in [0.717, 1.165) is 15.4 Å². The van der Waals surface area contributed by atoms with Gasteiger partial charge in [0.15, 0.2) is 0 Å². The van der Waals surface area contributed by atoms with Crippen molar-refractivity contribution >= 4 is 20.0 Å². The summed E-state index contributed by atoms with van der Waals surface area (Å²) in [5.74, 6) is 5.66. The van der Waals surface area contributed by atoms with Crippen molar-refractivity contribution < 1.29 is 16.8 Å². The van der Waals surface area contributed by atoms with E-state index in [2.05, 4.69) is 22.6 Å². The van der Waals surface area contributed by atoms with E-state index in [-0.39, 0.29) is 29.3 Å². The fourth-order valence-corrected chi connectivity index (χ4v) is 4.71. The van der Waals surface area contributed by atoms with Crippen molar-refractivity contribution in [2.24, 2.45) is 0 Å². The highest BCUT2D eigenvalue weighted by molar-refractivity contribution is 7.89. The molecule has 158 valence electrons. The van der Waals surface area contributed by atoms with Gasteiger partial charge in [0.25, 0.3) is 10.0 Å². The highest BCUT2D eigenvalue weighted by Gasteiger charge is 2.21. The van der Waals surface area contributed by atoms with Gasteiger partial charge in [-0.3, -0.25) is 0 Å². The third-order valence-corrected chi connectivity index (χ3v) is 7.40. The van der Waals surface area contributed by atoms with Crippen molar-refractivity contribution in [2.75, 3.05) is 13.1 Å². The Morgan fingerprint density at radius 1 is 0.833 bits per heavy atom. The number of terminal acetylenes is 1. The summed E-state index contributed by atoms with van der Waals surface area (Å²) >= 11 is 0. The molecule has 0 spiro atoms. The average Bonchev–Trinajstić information content (AvgIpc) is 2.70. The summed E-state index contributed by atoms with van der Waals surface area (Å²) in [7, 11) is -7.35. The molecule has 0 heterocycles. The van der Waals surface area contributed by atoms with Crippen LogP contribution in [0, 0.1) is 38.2 Å². The Hall–Kier alpha value is -2.78. The van der Waals surface area contributed by atoms with E-state index in [9.17, 15) is 16.8 Å². The van der Waals surface area contributed by atoms with Crippen LogP contribution in [0.2, 0.25) is 0 Å². The lowest BCUT2D eigenvalue weighted by Crippen LogP contribution is -2.27. The molecule has 0 saturated heterocycles. The van der Waals surface area contributed by atoms with E-state index in [0.29, 0.717) is 6.42 Å². The average molecular weight is 445 g/mol. The summed E-state index contributed by atoms with van der Waals surface area (Å²) in [6, 6.07) is 15.2. The Kier molecular flexibility index (Phi) is 8.08. The predicted octanol–water partition coefficient (Wildman–Crippen LogP) is 2.65. The van der Waals surface area contributed by atoms with Crippen LogP contribution in [-0.4, -0.2) is 34.2 Å². The number of sulfonamides is 2. The van der Waals surface area contributed by atoms with Crippen molar-refractivity contribution in [3.63, 3.8) is 0 Å². The molecule has 0 amide bonds. The Labute approximate surface area is 179 Å². The van der Waals surface area contributed by atoms with Gasteiger partial charge in [-0.05, 0) is 38.1 Å². The van der Waals surface area contributed by atoms with Gasteiger partial charge in [-0.1, -0.05) is 41.8 Å². The fourth-order valence-electron chi connectivity index (χ4n) is 2.47. The summed E-state index contributed by atoms with van der Waals surface area (Å²) < 4.78 is 52.9. The van der Waals surface area contributed by atoms with Gasteiger partial charge < -0.3 is 0 Å². The number of benzene rings is 2. The summed E-state index contributed by atoms with van der Waals surface area (Å²) in [5, 5.41) is 0. The molecule has 30 heavy (non-hydrogen) atoms. The van der Waals surface area contributed by atoms with Gasteiger partial charge in [-0.2, -0.15) is 0 Å². The molecular formula is C22H24N2O4S2. The maximum atomic E-state index is 12.6. The first-order valence-electron chi connectivity index (χ1n) is 9.24. The van der Waals surface area contributed by atoms with Crippen LogP contribution in [-0.2, 0) is 20.0 Å². The van der Waals surface area contributed by atoms with E-state index >= 15 is 0 Å². The van der Waals surface area contributed by atoms with Crippen LogP contribution >= 0.6 is 0 Å². The van der Waals surface area contributed by atoms with Crippen LogP contribution < -0.4 is 4.72 Å². The molecule has 8 heteroatoms. The number of hydrogen-bond donors (Lipinski definition) is 1. The maximum absolute atomic E-state index is 12.6. The molecule has 0 aliphatic carbocycles. The third-order valence-electron chi connectivity index (χ3n) is 4.19. The van der Waals surface area contributed by atoms with Gasteiger partial charge in [-0.15, -0.1) is 11.8 Å². The standard InChI is InChI=1S/C22H24N2O4S2/c1-4-24(30(27,28)22-15-11-20(3)12-16-22)18-8-6-5-7-17-23-29(25,26)21-13-9-19(2)10-14-21/h1,9-16,23H,7-8,17-18H2,2-3H3. The van der Waals surface area contributed by atoms with Gasteiger partial charge in [-0.25, -0.2) is 25.9 Å². The lowest BCUT2D eigenvalue weighted by Gasteiger charge is -2.16. The molecule has 0 aromatic heterocycles. The molecule has 0 atom stereocenters. The van der Waals surface area contributed by atoms with Gasteiger partial charge >= 0.3 is 0 Å². The summed E-state index contributed by atoms with van der Waals surface area (Å²) in [5.41, 5.74) is 1.93. The minimum Gasteiger partial charge on any atom is -0.224 e. The zero-order chi connectivity index (χ0) is 22.2. The molecular weight excluding hydrogens is 420 g/mol. The molecule has 0 bridgehead atoms. The molecule has 0 radical (unpaired) electrons. The lowest BCUT2D eigenvalue weighted by atomic mass is 10.2. The Bertz CT molecular complexity index is 1170. The van der Waals surface area contributed by atoms with Crippen LogP contribution in [0.25, 0.3) is 0 Å². The largest absolute Gasteiger partial charge is 0.270 e. The first-order valence-corrected chi connectivity index (χ1v) is 12.2. The maximum Gasteiger partial charge on any atom is 0.270 e. The minimum absolute atomic E-state index is 0.0504. The zero-order valence-electron chi connectivity index (χ0n) is 16.9. The van der Waals surface area contributed by atoms with Crippen LogP contribution in [0.5, 0.6) is 0 Å². The van der Waals surface area contributed by atoms with Crippen molar-refractivity contribution in [3.8, 4) is 24.3 Å². The quantitative estimate of drug-likeness (QED) is 0.385. The summed E-state index contributed by atoms with van der Waals surface area (Å²) in [4.78, 5) is 0.330. The molecule has 0 saturated carbocycles. The van der Waals surface area contributed by atoms with Crippen molar-refractivity contribution in [3.05, 3.63) is 59.7 Å². The number of aryl methyl sites for hydroxylation is 2. The molecule has 0 fully saturated rings. The molecule has 0 aliphatic rings. The molecule has 2 aromatic carbocycles. The Morgan fingerprint density at radius 3 is 1.87 bits per heavy atom. The fraction of sp³-hybridized carbons (Fsp3) is 0.273. The number of nitrogens with one attached hydrogen (secondary N) is 1. The summed E-state index contributed by atoms with van der Waals surface area (Å²) in [6.45, 7) is 3.96. The molecule has 2 rings (SSSR count). The van der Waals surface area contributed by atoms with E-state index in [4.69, 9.17) is 6.42 Å². The normalized spacial score (nSPS) is 11.2. The highest BCUT2D eigenvalue weighted by Crippen LogP contribution is 2.16. The lowest BCUT2D eigenvalue weighted by molar-refractivity contribution is 0.516. The number of rotatable bonds is 8. The zero-order valence-corrected chi connectivity index (χ0v) is 18.6. The van der Waals surface area contributed by atoms with Gasteiger partial charge in [0.05, 0.1) is 16.3 Å². The summed E-state index contributed by atoms with van der Waals surface area (Å²) in [6.07, 6.45) is 5.91. The first-order chi connectivity index (χ1) is 14.2. The smallest absolute Gasteiger partial charge is 0.224 e. The Balaban J connectivity index is 1.84. The highest BCUT2D eigenvalue weighted by atomic mass is 32.2. The number of nitrogens with zero attached hydrogens (tertiary/aromatic N) is 1. The molecule has 6 nitrogen and oxygen atoms in total. The van der Waals surface area contributed by atoms with Crippen LogP contribution in [0.4, 0.5) is 0 Å². The number of hydrogen-bond acceptors (Lipinski definition) is 4. The van der Waals surface area contributed by atoms with E-state index in [1.807, 2.05) is 13.8 Å². The predicted molar refractivity (Wildman–Crippen MR) is 117 cm³/mol. The second-order valence-electron chi connectivity index (χ2n) is 6.58. The van der Waals surface area contributed by atoms with Gasteiger partial charge in [0, 0.05) is 25.4 Å².